The van der Waals surface area contributed by atoms with Crippen molar-refractivity contribution in [2.45, 2.75) is 26.6 Å². The molecule has 26 heavy (non-hydrogen) atoms. The lowest BCUT2D eigenvalue weighted by molar-refractivity contribution is -0.137. The van der Waals surface area contributed by atoms with Crippen LogP contribution in [-0.2, 0) is 12.7 Å². The molecule has 8 heteroatoms. The Morgan fingerprint density at radius 2 is 1.81 bits per heavy atom. The van der Waals surface area contributed by atoms with E-state index in [1.54, 1.807) is 29.2 Å². The largest absolute Gasteiger partial charge is 0.417 e. The number of alkyl halides is 3. The van der Waals surface area contributed by atoms with Gasteiger partial charge in [0.15, 0.2) is 0 Å². The van der Waals surface area contributed by atoms with Gasteiger partial charge in [0.1, 0.15) is 5.82 Å². The molecule has 0 atom stereocenters. The Kier molecular flexibility index (Phi) is 6.47. The number of halogens is 4. The minimum Gasteiger partial charge on any atom is -0.365 e. The highest BCUT2D eigenvalue weighted by molar-refractivity contribution is 6.32. The normalized spacial score (nSPS) is 11.3. The molecule has 0 unspecified atom stereocenters. The summed E-state index contributed by atoms with van der Waals surface area (Å²) in [4.78, 5) is 17.7. The number of carbonyl (C=O) groups excluding carboxylic acids is 1. The zero-order valence-corrected chi connectivity index (χ0v) is 15.2. The molecule has 0 aliphatic rings. The number of hydrogen-bond donors (Lipinski definition) is 1. The van der Waals surface area contributed by atoms with Crippen molar-refractivity contribution in [2.24, 2.45) is 0 Å². The van der Waals surface area contributed by atoms with Gasteiger partial charge >= 0.3 is 6.18 Å². The highest BCUT2D eigenvalue weighted by Crippen LogP contribution is 2.32. The van der Waals surface area contributed by atoms with Gasteiger partial charge in [-0.3, -0.25) is 4.79 Å². The fourth-order valence-corrected chi connectivity index (χ4v) is 2.60. The van der Waals surface area contributed by atoms with Crippen molar-refractivity contribution in [1.82, 2.24) is 9.88 Å². The number of nitrogens with one attached hydrogen (secondary N) is 1. The van der Waals surface area contributed by atoms with E-state index in [2.05, 4.69) is 10.3 Å². The second-order valence-corrected chi connectivity index (χ2v) is 5.99. The van der Waals surface area contributed by atoms with Gasteiger partial charge in [-0.2, -0.15) is 13.2 Å². The van der Waals surface area contributed by atoms with Crippen molar-refractivity contribution >= 4 is 23.3 Å². The van der Waals surface area contributed by atoms with Crippen LogP contribution in [0.1, 0.15) is 35.3 Å². The summed E-state index contributed by atoms with van der Waals surface area (Å²) >= 11 is 5.86. The Morgan fingerprint density at radius 3 is 2.31 bits per heavy atom. The number of hydrogen-bond acceptors (Lipinski definition) is 3. The van der Waals surface area contributed by atoms with Crippen LogP contribution in [0.5, 0.6) is 0 Å². The first-order chi connectivity index (χ1) is 12.3. The Labute approximate surface area is 155 Å². The van der Waals surface area contributed by atoms with Crippen LogP contribution in [0.3, 0.4) is 0 Å². The highest BCUT2D eigenvalue weighted by Gasteiger charge is 2.31. The van der Waals surface area contributed by atoms with Crippen molar-refractivity contribution in [1.29, 1.82) is 0 Å². The van der Waals surface area contributed by atoms with Gasteiger partial charge < -0.3 is 10.2 Å². The summed E-state index contributed by atoms with van der Waals surface area (Å²) in [5.74, 6) is 0.130. The predicted octanol–water partition coefficient (Wildman–Crippen LogP) is 4.85. The average Bonchev–Trinajstić information content (AvgIpc) is 2.61. The quantitative estimate of drug-likeness (QED) is 0.773. The van der Waals surface area contributed by atoms with Crippen molar-refractivity contribution in [3.05, 3.63) is 58.2 Å². The molecule has 0 aliphatic carbocycles. The third-order valence-electron chi connectivity index (χ3n) is 3.88. The fourth-order valence-electron chi connectivity index (χ4n) is 2.37. The van der Waals surface area contributed by atoms with Gasteiger partial charge in [0.05, 0.1) is 10.6 Å². The summed E-state index contributed by atoms with van der Waals surface area (Å²) in [6.45, 7) is 5.42. The van der Waals surface area contributed by atoms with Crippen molar-refractivity contribution < 1.29 is 18.0 Å². The summed E-state index contributed by atoms with van der Waals surface area (Å²) in [5.41, 5.74) is 0.536. The zero-order chi connectivity index (χ0) is 19.3. The molecule has 4 nitrogen and oxygen atoms in total. The van der Waals surface area contributed by atoms with Gasteiger partial charge in [0.25, 0.3) is 5.91 Å². The molecule has 1 aromatic heterocycles. The molecule has 140 valence electrons. The molecule has 1 heterocycles. The first kappa shape index (κ1) is 20.0. The van der Waals surface area contributed by atoms with Gasteiger partial charge in [-0.1, -0.05) is 23.7 Å². The monoisotopic (exact) mass is 385 g/mol. The van der Waals surface area contributed by atoms with Crippen LogP contribution in [0.25, 0.3) is 0 Å². The standard InChI is InChI=1S/C18H19ClF3N3O/c1-3-25(4-2)17(26)13-7-5-12(6-8-13)10-23-16-15(19)9-14(11-24-16)18(20,21)22/h5-9,11H,3-4,10H2,1-2H3,(H,23,24). The number of anilines is 1. The maximum Gasteiger partial charge on any atom is 0.417 e. The van der Waals surface area contributed by atoms with Crippen molar-refractivity contribution in [3.63, 3.8) is 0 Å². The molecule has 0 aliphatic heterocycles. The van der Waals surface area contributed by atoms with Crippen molar-refractivity contribution in [2.75, 3.05) is 18.4 Å². The van der Waals surface area contributed by atoms with E-state index < -0.39 is 11.7 Å². The fraction of sp³-hybridized carbons (Fsp3) is 0.333. The first-order valence-electron chi connectivity index (χ1n) is 8.11. The van der Waals surface area contributed by atoms with Gasteiger partial charge in [0, 0.05) is 31.4 Å². The lowest BCUT2D eigenvalue weighted by Gasteiger charge is -2.18. The highest BCUT2D eigenvalue weighted by atomic mass is 35.5. The number of amides is 1. The number of pyridine rings is 1. The molecule has 0 saturated carbocycles. The number of nitrogens with zero attached hydrogens (tertiary/aromatic N) is 2. The summed E-state index contributed by atoms with van der Waals surface area (Å²) in [7, 11) is 0. The number of carbonyl (C=O) groups is 1. The molecule has 0 spiro atoms. The smallest absolute Gasteiger partial charge is 0.365 e. The van der Waals surface area contributed by atoms with Crippen LogP contribution in [-0.4, -0.2) is 28.9 Å². The van der Waals surface area contributed by atoms with Crippen LogP contribution in [0.2, 0.25) is 5.02 Å². The van der Waals surface area contributed by atoms with E-state index >= 15 is 0 Å². The Hall–Kier alpha value is -2.28. The molecule has 0 bridgehead atoms. The third kappa shape index (κ3) is 4.88. The van der Waals surface area contributed by atoms with Crippen LogP contribution >= 0.6 is 11.6 Å². The summed E-state index contributed by atoms with van der Waals surface area (Å²) < 4.78 is 37.8. The molecule has 1 amide bonds. The summed E-state index contributed by atoms with van der Waals surface area (Å²) in [5, 5.41) is 2.79. The second-order valence-electron chi connectivity index (χ2n) is 5.58. The van der Waals surface area contributed by atoms with Crippen LogP contribution in [0.15, 0.2) is 36.5 Å². The minimum atomic E-state index is -4.48. The maximum absolute atomic E-state index is 12.6. The van der Waals surface area contributed by atoms with E-state index in [0.29, 0.717) is 25.2 Å². The zero-order valence-electron chi connectivity index (χ0n) is 14.4. The Balaban J connectivity index is 2.03. The predicted molar refractivity (Wildman–Crippen MR) is 95.3 cm³/mol. The number of rotatable bonds is 6. The molecule has 1 aromatic carbocycles. The van der Waals surface area contributed by atoms with Gasteiger partial charge in [-0.15, -0.1) is 0 Å². The molecule has 0 saturated heterocycles. The second kappa shape index (κ2) is 8.40. The van der Waals surface area contributed by atoms with Crippen LogP contribution in [0, 0.1) is 0 Å². The van der Waals surface area contributed by atoms with Crippen molar-refractivity contribution in [3.8, 4) is 0 Å². The van der Waals surface area contributed by atoms with E-state index in [-0.39, 0.29) is 16.7 Å². The molecule has 0 radical (unpaired) electrons. The van der Waals surface area contributed by atoms with Gasteiger partial charge in [-0.25, -0.2) is 4.98 Å². The lowest BCUT2D eigenvalue weighted by Crippen LogP contribution is -2.30. The lowest BCUT2D eigenvalue weighted by atomic mass is 10.1. The SMILES string of the molecule is CCN(CC)C(=O)c1ccc(CNc2ncc(C(F)(F)F)cc2Cl)cc1. The topological polar surface area (TPSA) is 45.2 Å². The minimum absolute atomic E-state index is 0.0399. The van der Waals surface area contributed by atoms with Crippen LogP contribution < -0.4 is 5.32 Å². The summed E-state index contributed by atoms with van der Waals surface area (Å²) in [6, 6.07) is 7.84. The Morgan fingerprint density at radius 1 is 1.19 bits per heavy atom. The maximum atomic E-state index is 12.6. The third-order valence-corrected chi connectivity index (χ3v) is 4.17. The first-order valence-corrected chi connectivity index (χ1v) is 8.48. The summed E-state index contributed by atoms with van der Waals surface area (Å²) in [6.07, 6.45) is -3.75. The number of aromatic nitrogens is 1. The molecular formula is C18H19ClF3N3O. The van der Waals surface area contributed by atoms with E-state index in [4.69, 9.17) is 11.6 Å². The van der Waals surface area contributed by atoms with E-state index in [0.717, 1.165) is 17.8 Å². The van der Waals surface area contributed by atoms with Gasteiger partial charge in [-0.05, 0) is 37.6 Å². The number of benzene rings is 1. The molecular weight excluding hydrogens is 367 g/mol. The molecule has 2 aromatic rings. The van der Waals surface area contributed by atoms with E-state index in [9.17, 15) is 18.0 Å². The van der Waals surface area contributed by atoms with E-state index in [1.165, 1.54) is 0 Å². The molecule has 1 N–H and O–H groups in total. The average molecular weight is 386 g/mol. The van der Waals surface area contributed by atoms with E-state index in [1.807, 2.05) is 13.8 Å². The molecule has 2 rings (SSSR count). The van der Waals surface area contributed by atoms with Gasteiger partial charge in [0.2, 0.25) is 0 Å². The van der Waals surface area contributed by atoms with Crippen LogP contribution in [0.4, 0.5) is 19.0 Å². The molecule has 0 fully saturated rings. The Bertz CT molecular complexity index is 759.